The summed E-state index contributed by atoms with van der Waals surface area (Å²) in [6.45, 7) is 5.60. The lowest BCUT2D eigenvalue weighted by Crippen LogP contribution is -2.27. The van der Waals surface area contributed by atoms with Crippen molar-refractivity contribution in [2.45, 2.75) is 27.3 Å². The van der Waals surface area contributed by atoms with Gasteiger partial charge in [0.15, 0.2) is 5.78 Å². The Labute approximate surface area is 136 Å². The van der Waals surface area contributed by atoms with Gasteiger partial charge in [0, 0.05) is 24.8 Å². The molecule has 0 aliphatic heterocycles. The van der Waals surface area contributed by atoms with Gasteiger partial charge in [-0.1, -0.05) is 12.1 Å². The number of nitrogens with one attached hydrogen (secondary N) is 1. The molecule has 2 aromatic rings. The van der Waals surface area contributed by atoms with Crippen molar-refractivity contribution in [3.8, 4) is 5.75 Å². The van der Waals surface area contributed by atoms with Gasteiger partial charge in [0.05, 0.1) is 7.11 Å². The van der Waals surface area contributed by atoms with Gasteiger partial charge < -0.3 is 14.6 Å². The molecular formula is C18H22N2O3. The van der Waals surface area contributed by atoms with E-state index in [0.29, 0.717) is 23.4 Å². The lowest BCUT2D eigenvalue weighted by molar-refractivity contribution is 0.0779. The average molecular weight is 314 g/mol. The Morgan fingerprint density at radius 3 is 2.26 bits per heavy atom. The molecule has 0 aliphatic rings. The largest absolute Gasteiger partial charge is 0.497 e. The summed E-state index contributed by atoms with van der Waals surface area (Å²) in [5, 5.41) is 0. The number of Topliss-reactive ketones (excluding diaryl/α,β-unsaturated/α-hetero) is 1. The normalized spacial score (nSPS) is 10.5. The number of aromatic amines is 1. The third-order valence-electron chi connectivity index (χ3n) is 3.93. The molecule has 0 saturated heterocycles. The number of benzene rings is 1. The van der Waals surface area contributed by atoms with Crippen LogP contribution in [-0.2, 0) is 6.54 Å². The zero-order valence-corrected chi connectivity index (χ0v) is 14.2. The van der Waals surface area contributed by atoms with Crippen LogP contribution in [0.15, 0.2) is 24.3 Å². The standard InChI is InChI=1S/C18H22N2O3/c1-11-16(13(3)21)12(2)19-17(11)18(22)20(4)10-14-6-8-15(23-5)9-7-14/h6-9,19H,10H2,1-5H3. The molecule has 0 bridgehead atoms. The number of carbonyl (C=O) groups is 2. The molecule has 0 spiro atoms. The highest BCUT2D eigenvalue weighted by atomic mass is 16.5. The molecule has 122 valence electrons. The molecule has 1 amide bonds. The second-order valence-corrected chi connectivity index (χ2v) is 5.69. The van der Waals surface area contributed by atoms with Crippen LogP contribution in [0, 0.1) is 13.8 Å². The van der Waals surface area contributed by atoms with Gasteiger partial charge in [-0.05, 0) is 44.0 Å². The van der Waals surface area contributed by atoms with Crippen molar-refractivity contribution in [2.24, 2.45) is 0 Å². The minimum absolute atomic E-state index is 0.0342. The summed E-state index contributed by atoms with van der Waals surface area (Å²) < 4.78 is 5.13. The van der Waals surface area contributed by atoms with E-state index >= 15 is 0 Å². The van der Waals surface area contributed by atoms with Gasteiger partial charge in [-0.25, -0.2) is 0 Å². The Morgan fingerprint density at radius 1 is 1.17 bits per heavy atom. The predicted octanol–water partition coefficient (Wildman–Crippen LogP) is 3.11. The fourth-order valence-corrected chi connectivity index (χ4v) is 2.76. The highest BCUT2D eigenvalue weighted by Gasteiger charge is 2.22. The first kappa shape index (κ1) is 16.8. The van der Waals surface area contributed by atoms with Crippen LogP contribution in [0.2, 0.25) is 0 Å². The van der Waals surface area contributed by atoms with Gasteiger partial charge in [-0.2, -0.15) is 0 Å². The summed E-state index contributed by atoms with van der Waals surface area (Å²) in [7, 11) is 3.36. The molecule has 0 saturated carbocycles. The van der Waals surface area contributed by atoms with E-state index < -0.39 is 0 Å². The molecule has 23 heavy (non-hydrogen) atoms. The molecule has 5 heteroatoms. The average Bonchev–Trinajstić information content (AvgIpc) is 2.82. The van der Waals surface area contributed by atoms with E-state index in [1.807, 2.05) is 31.2 Å². The second-order valence-electron chi connectivity index (χ2n) is 5.69. The summed E-state index contributed by atoms with van der Waals surface area (Å²) in [5.74, 6) is 0.617. The molecule has 0 atom stereocenters. The number of aromatic nitrogens is 1. The fraction of sp³-hybridized carbons (Fsp3) is 0.333. The van der Waals surface area contributed by atoms with Gasteiger partial charge in [-0.3, -0.25) is 9.59 Å². The maximum Gasteiger partial charge on any atom is 0.270 e. The van der Waals surface area contributed by atoms with E-state index in [1.165, 1.54) is 6.92 Å². The number of rotatable bonds is 5. The van der Waals surface area contributed by atoms with Crippen LogP contribution in [0.3, 0.4) is 0 Å². The summed E-state index contributed by atoms with van der Waals surface area (Å²) in [4.78, 5) is 29.0. The topological polar surface area (TPSA) is 62.4 Å². The first-order chi connectivity index (χ1) is 10.8. The molecule has 0 aliphatic carbocycles. The van der Waals surface area contributed by atoms with Gasteiger partial charge >= 0.3 is 0 Å². The molecular weight excluding hydrogens is 292 g/mol. The lowest BCUT2D eigenvalue weighted by Gasteiger charge is -2.17. The lowest BCUT2D eigenvalue weighted by atomic mass is 10.1. The first-order valence-corrected chi connectivity index (χ1v) is 7.43. The van der Waals surface area contributed by atoms with Crippen LogP contribution in [0.25, 0.3) is 0 Å². The number of methoxy groups -OCH3 is 1. The van der Waals surface area contributed by atoms with Crippen molar-refractivity contribution < 1.29 is 14.3 Å². The SMILES string of the molecule is COc1ccc(CN(C)C(=O)c2[nH]c(C)c(C(C)=O)c2C)cc1. The Hall–Kier alpha value is -2.56. The number of aryl methyl sites for hydroxylation is 1. The molecule has 1 N–H and O–H groups in total. The van der Waals surface area contributed by atoms with E-state index in [4.69, 9.17) is 4.74 Å². The summed E-state index contributed by atoms with van der Waals surface area (Å²) in [5.41, 5.74) is 3.53. The number of carbonyl (C=O) groups excluding carboxylic acids is 2. The summed E-state index contributed by atoms with van der Waals surface area (Å²) >= 11 is 0. The smallest absolute Gasteiger partial charge is 0.270 e. The molecule has 1 aromatic carbocycles. The third kappa shape index (κ3) is 3.44. The zero-order chi connectivity index (χ0) is 17.1. The Balaban J connectivity index is 2.19. The molecule has 0 fully saturated rings. The first-order valence-electron chi connectivity index (χ1n) is 7.43. The Bertz CT molecular complexity index is 729. The highest BCUT2D eigenvalue weighted by Crippen LogP contribution is 2.20. The van der Waals surface area contributed by atoms with Crippen LogP contribution in [0.1, 0.15) is 44.6 Å². The minimum Gasteiger partial charge on any atom is -0.497 e. The van der Waals surface area contributed by atoms with Crippen LogP contribution in [0.5, 0.6) is 5.75 Å². The van der Waals surface area contributed by atoms with Gasteiger partial charge in [0.25, 0.3) is 5.91 Å². The van der Waals surface area contributed by atoms with Crippen molar-refractivity contribution in [1.82, 2.24) is 9.88 Å². The van der Waals surface area contributed by atoms with E-state index in [1.54, 1.807) is 26.0 Å². The van der Waals surface area contributed by atoms with Crippen molar-refractivity contribution in [3.05, 3.63) is 52.3 Å². The summed E-state index contributed by atoms with van der Waals surface area (Å²) in [6, 6.07) is 7.59. The maximum absolute atomic E-state index is 12.6. The van der Waals surface area contributed by atoms with Crippen molar-refractivity contribution in [3.63, 3.8) is 0 Å². The molecule has 0 unspecified atom stereocenters. The third-order valence-corrected chi connectivity index (χ3v) is 3.93. The number of hydrogen-bond acceptors (Lipinski definition) is 3. The highest BCUT2D eigenvalue weighted by molar-refractivity contribution is 6.02. The quantitative estimate of drug-likeness (QED) is 0.863. The Kier molecular flexibility index (Phi) is 4.89. The van der Waals surface area contributed by atoms with Crippen LogP contribution in [0.4, 0.5) is 0 Å². The van der Waals surface area contributed by atoms with Gasteiger partial charge in [0.2, 0.25) is 0 Å². The van der Waals surface area contributed by atoms with Crippen molar-refractivity contribution in [2.75, 3.05) is 14.2 Å². The molecule has 5 nitrogen and oxygen atoms in total. The van der Waals surface area contributed by atoms with Gasteiger partial charge in [0.1, 0.15) is 11.4 Å². The number of ether oxygens (including phenoxy) is 1. The number of ketones is 1. The number of amides is 1. The summed E-state index contributed by atoms with van der Waals surface area (Å²) in [6.07, 6.45) is 0. The van der Waals surface area contributed by atoms with E-state index in [2.05, 4.69) is 4.98 Å². The minimum atomic E-state index is -0.131. The molecule has 0 radical (unpaired) electrons. The van der Waals surface area contributed by atoms with E-state index in [-0.39, 0.29) is 11.7 Å². The predicted molar refractivity (Wildman–Crippen MR) is 89.1 cm³/mol. The fourth-order valence-electron chi connectivity index (χ4n) is 2.76. The molecule has 1 heterocycles. The second kappa shape index (κ2) is 6.69. The maximum atomic E-state index is 12.6. The van der Waals surface area contributed by atoms with E-state index in [0.717, 1.165) is 17.0 Å². The Morgan fingerprint density at radius 2 is 1.78 bits per heavy atom. The monoisotopic (exact) mass is 314 g/mol. The number of hydrogen-bond donors (Lipinski definition) is 1. The van der Waals surface area contributed by atoms with Crippen LogP contribution < -0.4 is 4.74 Å². The van der Waals surface area contributed by atoms with E-state index in [9.17, 15) is 9.59 Å². The molecule has 1 aromatic heterocycles. The zero-order valence-electron chi connectivity index (χ0n) is 14.2. The van der Waals surface area contributed by atoms with Crippen molar-refractivity contribution in [1.29, 1.82) is 0 Å². The molecule has 2 rings (SSSR count). The number of H-pyrrole nitrogens is 1. The number of nitrogens with zero attached hydrogens (tertiary/aromatic N) is 1. The van der Waals surface area contributed by atoms with Crippen LogP contribution in [-0.4, -0.2) is 35.7 Å². The van der Waals surface area contributed by atoms with Gasteiger partial charge in [-0.15, -0.1) is 0 Å². The van der Waals surface area contributed by atoms with Crippen molar-refractivity contribution >= 4 is 11.7 Å². The van der Waals surface area contributed by atoms with Crippen LogP contribution >= 0.6 is 0 Å².